The first kappa shape index (κ1) is 9.72. The molecule has 0 heterocycles. The number of rotatable bonds is 0. The van der Waals surface area contributed by atoms with E-state index in [1.54, 1.807) is 0 Å². The Balaban J connectivity index is 0.000000810. The highest BCUT2D eigenvalue weighted by Gasteiger charge is 2.01. The zero-order valence-electron chi connectivity index (χ0n) is 4.87. The average molecular weight is 183 g/mol. The van der Waals surface area contributed by atoms with Crippen molar-refractivity contribution in [1.29, 1.82) is 0 Å². The Morgan fingerprint density at radius 2 is 1.70 bits per heavy atom. The predicted octanol–water partition coefficient (Wildman–Crippen LogP) is -1.66. The van der Waals surface area contributed by atoms with Crippen LogP contribution in [0.4, 0.5) is 8.78 Å². The van der Waals surface area contributed by atoms with Crippen LogP contribution in [0.25, 0.3) is 0 Å². The second kappa shape index (κ2) is 3.78. The molecule has 0 bridgehead atoms. The lowest BCUT2D eigenvalue weighted by atomic mass is 10.3. The highest BCUT2D eigenvalue weighted by molar-refractivity contribution is 7.58. The lowest BCUT2D eigenvalue weighted by Gasteiger charge is -1.87. The van der Waals surface area contributed by atoms with E-state index >= 15 is 0 Å². The zero-order chi connectivity index (χ0) is 6.85. The Morgan fingerprint density at radius 1 is 1.10 bits per heavy atom. The molecule has 1 aromatic carbocycles. The molecule has 4 heteroatoms. The topological polar surface area (TPSA) is 0 Å². The van der Waals surface area contributed by atoms with E-state index in [2.05, 4.69) is 12.6 Å². The Hall–Kier alpha value is -0.280. The van der Waals surface area contributed by atoms with Gasteiger partial charge >= 0.3 is 0 Å². The average Bonchev–Trinajstić information content (AvgIpc) is 1.80. The molecular weight excluding hydrogens is 178 g/mol. The van der Waals surface area contributed by atoms with Gasteiger partial charge in [0.1, 0.15) is 0 Å². The van der Waals surface area contributed by atoms with E-state index < -0.39 is 11.6 Å². The molecule has 0 N–H and O–H groups in total. The van der Waals surface area contributed by atoms with Gasteiger partial charge in [0, 0.05) is 6.07 Å². The molecule has 0 aromatic heterocycles. The van der Waals surface area contributed by atoms with Gasteiger partial charge in [0.05, 0.1) is 0 Å². The van der Waals surface area contributed by atoms with Gasteiger partial charge in [0.15, 0.2) is 16.5 Å². The molecule has 10 heavy (non-hydrogen) atoms. The first-order valence-corrected chi connectivity index (χ1v) is 2.87. The summed E-state index contributed by atoms with van der Waals surface area (Å²) in [7, 11) is 0. The van der Waals surface area contributed by atoms with Gasteiger partial charge in [-0.3, -0.25) is 0 Å². The van der Waals surface area contributed by atoms with Crippen LogP contribution in [0.5, 0.6) is 0 Å². The zero-order valence-corrected chi connectivity index (χ0v) is 6.62. The normalized spacial score (nSPS) is 8.70. The van der Waals surface area contributed by atoms with Gasteiger partial charge in [0.25, 0.3) is 0 Å². The molecule has 1 aromatic rings. The number of benzene rings is 1. The molecule has 0 atom stereocenters. The van der Waals surface area contributed by atoms with Crippen LogP contribution >= 0.6 is 0 Å². The number of halogens is 3. The molecule has 0 aliphatic rings. The van der Waals surface area contributed by atoms with E-state index in [0.29, 0.717) is 4.90 Å². The van der Waals surface area contributed by atoms with E-state index in [-0.39, 0.29) is 12.4 Å². The maximum absolute atomic E-state index is 12.2. The third-order valence-electron chi connectivity index (χ3n) is 0.920. The molecule has 0 saturated carbocycles. The maximum Gasteiger partial charge on any atom is 0.163 e. The van der Waals surface area contributed by atoms with Crippen LogP contribution in [0.1, 0.15) is 0 Å². The minimum Gasteiger partial charge on any atom is -1.00 e. The van der Waals surface area contributed by atoms with Crippen LogP contribution in [0.15, 0.2) is 23.1 Å². The lowest BCUT2D eigenvalue weighted by molar-refractivity contribution is -0.00000281. The summed E-state index contributed by atoms with van der Waals surface area (Å²) in [4.78, 5) is 0.536. The molecule has 0 fully saturated rings. The highest BCUT2D eigenvalue weighted by atomic mass is 35.5. The third kappa shape index (κ3) is 2.15. The van der Waals surface area contributed by atoms with Crippen LogP contribution in [0, 0.1) is 11.6 Å². The summed E-state index contributed by atoms with van der Waals surface area (Å²) in [5, 5.41) is 0. The van der Waals surface area contributed by atoms with Crippen LogP contribution in [-0.4, -0.2) is 0 Å². The van der Waals surface area contributed by atoms with Crippen molar-refractivity contribution in [1.82, 2.24) is 0 Å². The summed E-state index contributed by atoms with van der Waals surface area (Å²) in [6.45, 7) is 0. The van der Waals surface area contributed by atoms with Crippen molar-refractivity contribution >= 4 is 12.6 Å². The summed E-state index contributed by atoms with van der Waals surface area (Å²) in [5.41, 5.74) is 0. The Bertz CT molecular complexity index is 227. The van der Waals surface area contributed by atoms with Gasteiger partial charge in [-0.1, -0.05) is 0 Å². The smallest absolute Gasteiger partial charge is 0.163 e. The molecule has 1 rings (SSSR count). The molecule has 0 unspecified atom stereocenters. The van der Waals surface area contributed by atoms with Crippen LogP contribution in [0.3, 0.4) is 0 Å². The van der Waals surface area contributed by atoms with Crippen molar-refractivity contribution in [3.63, 3.8) is 0 Å². The fourth-order valence-electron chi connectivity index (χ4n) is 0.496. The van der Waals surface area contributed by atoms with Gasteiger partial charge in [-0.2, -0.15) is 0 Å². The van der Waals surface area contributed by atoms with Crippen molar-refractivity contribution in [3.05, 3.63) is 29.8 Å². The number of hydrogen-bond donors (Lipinski definition) is 0. The summed E-state index contributed by atoms with van der Waals surface area (Å²) >= 11 is 3.04. The molecule has 0 spiro atoms. The lowest BCUT2D eigenvalue weighted by Crippen LogP contribution is -3.00. The quantitative estimate of drug-likeness (QED) is 0.422. The summed E-state index contributed by atoms with van der Waals surface area (Å²) in [6, 6.07) is 3.58. The van der Waals surface area contributed by atoms with Crippen molar-refractivity contribution in [3.8, 4) is 0 Å². The fraction of sp³-hybridized carbons (Fsp3) is 0. The second-order valence-corrected chi connectivity index (χ2v) is 2.21. The summed E-state index contributed by atoms with van der Waals surface area (Å²) in [5.74, 6) is -1.65. The SMILES string of the molecule is Fc1ccc([SH2+])cc1F.[Cl-]. The van der Waals surface area contributed by atoms with Gasteiger partial charge < -0.3 is 12.4 Å². The third-order valence-corrected chi connectivity index (χ3v) is 1.23. The molecule has 0 aliphatic carbocycles. The summed E-state index contributed by atoms with van der Waals surface area (Å²) in [6.07, 6.45) is 0. The molecule has 0 saturated heterocycles. The highest BCUT2D eigenvalue weighted by Crippen LogP contribution is 2.06. The van der Waals surface area contributed by atoms with E-state index in [4.69, 9.17) is 0 Å². The van der Waals surface area contributed by atoms with E-state index in [9.17, 15) is 8.78 Å². The van der Waals surface area contributed by atoms with Crippen molar-refractivity contribution in [2.24, 2.45) is 0 Å². The Labute approximate surface area is 69.1 Å². The van der Waals surface area contributed by atoms with Crippen molar-refractivity contribution < 1.29 is 21.2 Å². The van der Waals surface area contributed by atoms with Gasteiger partial charge in [-0.25, -0.2) is 8.78 Å². The molecule has 0 amide bonds. The van der Waals surface area contributed by atoms with Gasteiger partial charge in [-0.05, 0) is 24.8 Å². The minimum atomic E-state index is -0.831. The molecule has 0 nitrogen and oxygen atoms in total. The van der Waals surface area contributed by atoms with E-state index in [1.165, 1.54) is 6.07 Å². The Morgan fingerprint density at radius 3 is 2.10 bits per heavy atom. The van der Waals surface area contributed by atoms with Crippen molar-refractivity contribution in [2.75, 3.05) is 0 Å². The van der Waals surface area contributed by atoms with Gasteiger partial charge in [0.2, 0.25) is 0 Å². The molecule has 0 radical (unpaired) electrons. The number of hydrogen-bond acceptors (Lipinski definition) is 0. The first-order chi connectivity index (χ1) is 4.20. The maximum atomic E-state index is 12.2. The molecule has 0 aliphatic heterocycles. The van der Waals surface area contributed by atoms with E-state index in [0.717, 1.165) is 12.1 Å². The molecule has 56 valence electrons. The van der Waals surface area contributed by atoms with Crippen molar-refractivity contribution in [2.45, 2.75) is 4.90 Å². The monoisotopic (exact) mass is 182 g/mol. The first-order valence-electron chi connectivity index (χ1n) is 2.37. The predicted molar refractivity (Wildman–Crippen MR) is 34.8 cm³/mol. The van der Waals surface area contributed by atoms with Crippen LogP contribution < -0.4 is 12.4 Å². The van der Waals surface area contributed by atoms with E-state index in [1.807, 2.05) is 0 Å². The minimum absolute atomic E-state index is 0. The summed E-state index contributed by atoms with van der Waals surface area (Å²) < 4.78 is 24.3. The Kier molecular flexibility index (Phi) is 3.68. The van der Waals surface area contributed by atoms with Gasteiger partial charge in [-0.15, -0.1) is 0 Å². The largest absolute Gasteiger partial charge is 1.00 e. The second-order valence-electron chi connectivity index (χ2n) is 1.63. The fourth-order valence-corrected chi connectivity index (χ4v) is 0.706. The molecular formula is C6H5ClF2S. The van der Waals surface area contributed by atoms with Crippen LogP contribution in [-0.2, 0) is 12.6 Å². The van der Waals surface area contributed by atoms with Crippen LogP contribution in [0.2, 0.25) is 0 Å². The standard InChI is InChI=1S/C6H4F2S.ClH/c7-5-2-1-4(9)3-6(5)8;/h1-3,9H;1H.